The van der Waals surface area contributed by atoms with Crippen molar-refractivity contribution < 1.29 is 9.16 Å². The van der Waals surface area contributed by atoms with Crippen molar-refractivity contribution in [1.82, 2.24) is 4.90 Å². The van der Waals surface area contributed by atoms with E-state index in [1.165, 1.54) is 12.5 Å². The molecule has 0 amide bonds. The van der Waals surface area contributed by atoms with Crippen LogP contribution in [0, 0.1) is 0 Å². The molecule has 144 valence electrons. The zero-order valence-electron chi connectivity index (χ0n) is 17.9. The zero-order chi connectivity index (χ0) is 18.6. The number of hydrogen-bond acceptors (Lipinski definition) is 3. The Kier molecular flexibility index (Phi) is 7.98. The molecule has 1 rings (SSSR count). The van der Waals surface area contributed by atoms with Gasteiger partial charge in [-0.2, -0.15) is 0 Å². The Labute approximate surface area is 152 Å². The van der Waals surface area contributed by atoms with E-state index < -0.39 is 8.32 Å². The molecule has 0 radical (unpaired) electrons. The van der Waals surface area contributed by atoms with Gasteiger partial charge in [-0.05, 0) is 86.5 Å². The first-order chi connectivity index (χ1) is 10.9. The summed E-state index contributed by atoms with van der Waals surface area (Å²) in [4.78, 5) is 2.51. The Morgan fingerprint density at radius 2 is 1.67 bits per heavy atom. The lowest BCUT2D eigenvalue weighted by molar-refractivity contribution is -0.0923. The maximum atomic E-state index is 6.33. The van der Waals surface area contributed by atoms with Gasteiger partial charge in [0.25, 0.3) is 0 Å². The third-order valence-corrected chi connectivity index (χ3v) is 8.50. The van der Waals surface area contributed by atoms with Crippen LogP contribution in [0.4, 0.5) is 0 Å². The highest BCUT2D eigenvalue weighted by atomic mass is 28.4. The minimum atomic E-state index is -1.45. The number of hydrogen-bond donors (Lipinski definition) is 0. The van der Waals surface area contributed by atoms with Crippen molar-refractivity contribution in [2.24, 2.45) is 0 Å². The summed E-state index contributed by atoms with van der Waals surface area (Å²) < 4.78 is 12.6. The van der Waals surface area contributed by atoms with Gasteiger partial charge in [0.1, 0.15) is 0 Å². The van der Waals surface area contributed by atoms with E-state index in [-0.39, 0.29) is 11.1 Å². The van der Waals surface area contributed by atoms with Crippen LogP contribution in [0.25, 0.3) is 0 Å². The lowest BCUT2D eigenvalue weighted by Crippen LogP contribution is -2.60. The molecule has 1 atom stereocenters. The summed E-state index contributed by atoms with van der Waals surface area (Å²) in [6, 6.07) is 1.26. The molecule has 4 heteroatoms. The predicted octanol–water partition coefficient (Wildman–Crippen LogP) is 5.45. The van der Waals surface area contributed by atoms with Crippen LogP contribution in [-0.2, 0) is 9.16 Å². The summed E-state index contributed by atoms with van der Waals surface area (Å²) in [7, 11) is 0.796. The number of likely N-dealkylation sites (tertiary alicyclic amines) is 1. The molecule has 1 unspecified atom stereocenters. The van der Waals surface area contributed by atoms with Crippen molar-refractivity contribution >= 4 is 8.32 Å². The van der Waals surface area contributed by atoms with Gasteiger partial charge in [-0.3, -0.25) is 4.90 Å². The Morgan fingerprint density at radius 3 is 2.17 bits per heavy atom. The lowest BCUT2D eigenvalue weighted by atomic mass is 9.79. The highest BCUT2D eigenvalue weighted by Crippen LogP contribution is 2.38. The fourth-order valence-electron chi connectivity index (χ4n) is 4.28. The molecule has 0 aromatic carbocycles. The van der Waals surface area contributed by atoms with Crippen LogP contribution in [0.15, 0.2) is 0 Å². The lowest BCUT2D eigenvalue weighted by Gasteiger charge is -2.53. The molecule has 0 bridgehead atoms. The Bertz CT molecular complexity index is 364. The molecule has 24 heavy (non-hydrogen) atoms. The fraction of sp³-hybridized carbons (Fsp3) is 1.00. The van der Waals surface area contributed by atoms with Gasteiger partial charge in [0.15, 0.2) is 8.32 Å². The summed E-state index contributed by atoms with van der Waals surface area (Å²) >= 11 is 0. The molecule has 1 heterocycles. The Balaban J connectivity index is 2.33. The van der Waals surface area contributed by atoms with Gasteiger partial charge < -0.3 is 9.16 Å². The van der Waals surface area contributed by atoms with Crippen molar-refractivity contribution in [3.05, 3.63) is 0 Å². The van der Waals surface area contributed by atoms with E-state index in [1.807, 2.05) is 0 Å². The molecule has 1 aliphatic rings. The van der Waals surface area contributed by atoms with E-state index in [9.17, 15) is 0 Å². The van der Waals surface area contributed by atoms with Crippen LogP contribution < -0.4 is 0 Å². The highest BCUT2D eigenvalue weighted by Gasteiger charge is 2.43. The fourth-order valence-corrected chi connectivity index (χ4v) is 6.81. The molecule has 1 fully saturated rings. The second-order valence-corrected chi connectivity index (χ2v) is 13.9. The summed E-state index contributed by atoms with van der Waals surface area (Å²) in [5.41, 5.74) is 0.414. The second kappa shape index (κ2) is 8.66. The number of rotatable bonds is 9. The van der Waals surface area contributed by atoms with Gasteiger partial charge in [-0.25, -0.2) is 0 Å². The van der Waals surface area contributed by atoms with Crippen molar-refractivity contribution in [2.75, 3.05) is 13.7 Å². The topological polar surface area (TPSA) is 21.7 Å². The van der Waals surface area contributed by atoms with E-state index in [4.69, 9.17) is 9.16 Å². The Hall–Kier alpha value is 0.0969. The van der Waals surface area contributed by atoms with E-state index in [2.05, 4.69) is 66.6 Å². The first kappa shape index (κ1) is 22.1. The molecule has 0 aromatic heterocycles. The molecule has 0 spiro atoms. The van der Waals surface area contributed by atoms with E-state index in [0.29, 0.717) is 12.2 Å². The van der Waals surface area contributed by atoms with Crippen molar-refractivity contribution in [3.63, 3.8) is 0 Å². The summed E-state index contributed by atoms with van der Waals surface area (Å²) in [6.45, 7) is 19.4. The molecule has 1 saturated heterocycles. The molecule has 0 aromatic rings. The van der Waals surface area contributed by atoms with Crippen LogP contribution >= 0.6 is 0 Å². The van der Waals surface area contributed by atoms with Gasteiger partial charge in [0.05, 0.1) is 6.10 Å². The molecular weight excluding hydrogens is 314 g/mol. The van der Waals surface area contributed by atoms with Crippen LogP contribution in [0.2, 0.25) is 19.1 Å². The third kappa shape index (κ3) is 6.78. The smallest absolute Gasteiger partial charge is 0.187 e. The molecule has 0 aliphatic carbocycles. The predicted molar refractivity (Wildman–Crippen MR) is 107 cm³/mol. The molecule has 0 N–H and O–H groups in total. The minimum absolute atomic E-state index is 0.207. The molecular formula is C20H43NO2Si. The molecule has 0 saturated carbocycles. The summed E-state index contributed by atoms with van der Waals surface area (Å²) in [5, 5.41) is 0. The summed E-state index contributed by atoms with van der Waals surface area (Å²) in [6.07, 6.45) is 6.44. The first-order valence-electron chi connectivity index (χ1n) is 9.93. The van der Waals surface area contributed by atoms with Crippen LogP contribution in [-0.4, -0.2) is 50.2 Å². The van der Waals surface area contributed by atoms with Gasteiger partial charge >= 0.3 is 0 Å². The summed E-state index contributed by atoms with van der Waals surface area (Å²) in [5.74, 6) is 0. The maximum absolute atomic E-state index is 6.33. The van der Waals surface area contributed by atoms with Crippen LogP contribution in [0.3, 0.4) is 0 Å². The monoisotopic (exact) mass is 357 g/mol. The van der Waals surface area contributed by atoms with Gasteiger partial charge in [-0.15, -0.1) is 0 Å². The van der Waals surface area contributed by atoms with Crippen LogP contribution in [0.1, 0.15) is 73.6 Å². The average Bonchev–Trinajstić information content (AvgIpc) is 2.39. The van der Waals surface area contributed by atoms with Crippen LogP contribution in [0.5, 0.6) is 0 Å². The third-order valence-electron chi connectivity index (χ3n) is 5.75. The van der Waals surface area contributed by atoms with E-state index in [0.717, 1.165) is 32.3 Å². The van der Waals surface area contributed by atoms with Gasteiger partial charge in [0, 0.05) is 23.8 Å². The SMILES string of the molecule is CCC[Si](C)(C)OC(C)CCCOC1CC(C)(C)N(C)C(C)(C)C1. The van der Waals surface area contributed by atoms with E-state index >= 15 is 0 Å². The average molecular weight is 358 g/mol. The van der Waals surface area contributed by atoms with Crippen molar-refractivity contribution in [2.45, 2.75) is 116 Å². The quantitative estimate of drug-likeness (QED) is 0.404. The van der Waals surface area contributed by atoms with Gasteiger partial charge in [-0.1, -0.05) is 13.3 Å². The molecule has 1 aliphatic heterocycles. The normalized spacial score (nSPS) is 23.4. The number of piperidine rings is 1. The van der Waals surface area contributed by atoms with Crippen molar-refractivity contribution in [1.29, 1.82) is 0 Å². The zero-order valence-corrected chi connectivity index (χ0v) is 18.9. The Morgan fingerprint density at radius 1 is 1.12 bits per heavy atom. The second-order valence-electron chi connectivity index (χ2n) is 9.67. The number of ether oxygens (including phenoxy) is 1. The van der Waals surface area contributed by atoms with Gasteiger partial charge in [0.2, 0.25) is 0 Å². The largest absolute Gasteiger partial charge is 0.415 e. The number of nitrogens with zero attached hydrogens (tertiary/aromatic N) is 1. The minimum Gasteiger partial charge on any atom is -0.415 e. The maximum Gasteiger partial charge on any atom is 0.187 e. The highest BCUT2D eigenvalue weighted by molar-refractivity contribution is 6.71. The van der Waals surface area contributed by atoms with E-state index in [1.54, 1.807) is 0 Å². The molecule has 3 nitrogen and oxygen atoms in total. The van der Waals surface area contributed by atoms with Crippen molar-refractivity contribution in [3.8, 4) is 0 Å². The first-order valence-corrected chi connectivity index (χ1v) is 13.0. The standard InChI is InChI=1S/C20H43NO2Si/c1-10-14-24(8,9)23-17(2)12-11-13-22-18-15-19(3,4)21(7)20(5,6)16-18/h17-18H,10-16H2,1-9H3.